The standard InChI is InChI=1S/C30H38N6O2/c1-33(2)22-12-14-35(15-13-22)28-11-9-21(18-32-28)20-8-10-26-25(16-20)29-27(19-31-26)34(3)30(37)36(29)23-6-5-7-24(17-23)38-4/h8-11,16,18-19,22-24H,5-7,12-15,17H2,1-4H3/t23-,24-/m0/s1. The lowest BCUT2D eigenvalue weighted by Crippen LogP contribution is -2.42. The summed E-state index contributed by atoms with van der Waals surface area (Å²) in [6.45, 7) is 2.07. The van der Waals surface area contributed by atoms with E-state index in [0.717, 1.165) is 90.5 Å². The molecule has 0 amide bonds. The van der Waals surface area contributed by atoms with Gasteiger partial charge < -0.3 is 14.5 Å². The molecular formula is C30H38N6O2. The van der Waals surface area contributed by atoms with Crippen LogP contribution in [0.5, 0.6) is 0 Å². The second kappa shape index (κ2) is 10.2. The topological polar surface area (TPSA) is 68.4 Å². The van der Waals surface area contributed by atoms with Gasteiger partial charge in [0.2, 0.25) is 0 Å². The number of hydrogen-bond donors (Lipinski definition) is 0. The fourth-order valence-corrected chi connectivity index (χ4v) is 6.47. The van der Waals surface area contributed by atoms with Gasteiger partial charge in [-0.1, -0.05) is 6.07 Å². The maximum Gasteiger partial charge on any atom is 0.329 e. The molecule has 0 bridgehead atoms. The Morgan fingerprint density at radius 2 is 1.76 bits per heavy atom. The molecule has 8 heteroatoms. The van der Waals surface area contributed by atoms with Crippen molar-refractivity contribution in [3.8, 4) is 11.1 Å². The van der Waals surface area contributed by atoms with E-state index in [-0.39, 0.29) is 17.8 Å². The van der Waals surface area contributed by atoms with Gasteiger partial charge in [0.1, 0.15) is 5.82 Å². The van der Waals surface area contributed by atoms with Crippen molar-refractivity contribution in [2.24, 2.45) is 7.05 Å². The van der Waals surface area contributed by atoms with Crippen molar-refractivity contribution in [3.05, 3.63) is 53.2 Å². The molecule has 3 aromatic heterocycles. The highest BCUT2D eigenvalue weighted by molar-refractivity contribution is 6.04. The third kappa shape index (κ3) is 4.39. The average Bonchev–Trinajstić information content (AvgIpc) is 3.22. The van der Waals surface area contributed by atoms with Gasteiger partial charge in [-0.05, 0) is 82.4 Å². The van der Waals surface area contributed by atoms with Crippen molar-refractivity contribution in [1.82, 2.24) is 24.0 Å². The van der Waals surface area contributed by atoms with Crippen LogP contribution in [0, 0.1) is 0 Å². The number of methoxy groups -OCH3 is 1. The molecule has 4 aromatic rings. The van der Waals surface area contributed by atoms with E-state index in [9.17, 15) is 4.79 Å². The first-order valence-corrected chi connectivity index (χ1v) is 13.8. The van der Waals surface area contributed by atoms with Gasteiger partial charge in [0.05, 0.1) is 28.9 Å². The number of piperidine rings is 1. The zero-order valence-corrected chi connectivity index (χ0v) is 22.9. The number of pyridine rings is 2. The van der Waals surface area contributed by atoms with Crippen molar-refractivity contribution < 1.29 is 4.74 Å². The number of anilines is 1. The molecule has 1 saturated carbocycles. The Bertz CT molecular complexity index is 1500. The Morgan fingerprint density at radius 3 is 2.47 bits per heavy atom. The molecule has 2 fully saturated rings. The lowest BCUT2D eigenvalue weighted by molar-refractivity contribution is 0.0531. The first kappa shape index (κ1) is 25.1. The Morgan fingerprint density at radius 1 is 0.974 bits per heavy atom. The summed E-state index contributed by atoms with van der Waals surface area (Å²) in [6, 6.07) is 11.4. The van der Waals surface area contributed by atoms with E-state index < -0.39 is 0 Å². The van der Waals surface area contributed by atoms with Crippen molar-refractivity contribution >= 4 is 27.8 Å². The quantitative estimate of drug-likeness (QED) is 0.387. The van der Waals surface area contributed by atoms with E-state index in [1.165, 1.54) is 0 Å². The molecule has 1 aromatic carbocycles. The lowest BCUT2D eigenvalue weighted by Gasteiger charge is -2.35. The Labute approximate surface area is 223 Å². The zero-order chi connectivity index (χ0) is 26.4. The number of hydrogen-bond acceptors (Lipinski definition) is 6. The largest absolute Gasteiger partial charge is 0.381 e. The van der Waals surface area contributed by atoms with Crippen LogP contribution in [0.4, 0.5) is 5.82 Å². The minimum Gasteiger partial charge on any atom is -0.381 e. The van der Waals surface area contributed by atoms with Crippen LogP contribution in [0.1, 0.15) is 44.6 Å². The predicted molar refractivity (Wildman–Crippen MR) is 153 cm³/mol. The Balaban J connectivity index is 1.36. The van der Waals surface area contributed by atoms with Gasteiger partial charge in [-0.15, -0.1) is 0 Å². The Hall–Kier alpha value is -3.23. The third-order valence-electron chi connectivity index (χ3n) is 8.81. The van der Waals surface area contributed by atoms with Crippen LogP contribution in [-0.2, 0) is 11.8 Å². The molecule has 2 atom stereocenters. The highest BCUT2D eigenvalue weighted by Crippen LogP contribution is 2.35. The highest BCUT2D eigenvalue weighted by atomic mass is 16.5. The number of fused-ring (bicyclic) bond motifs is 3. The summed E-state index contributed by atoms with van der Waals surface area (Å²) in [5.41, 5.74) is 4.91. The van der Waals surface area contributed by atoms with E-state index in [2.05, 4.69) is 54.2 Å². The summed E-state index contributed by atoms with van der Waals surface area (Å²) < 4.78 is 9.43. The number of benzene rings is 1. The summed E-state index contributed by atoms with van der Waals surface area (Å²) >= 11 is 0. The fraction of sp³-hybridized carbons (Fsp3) is 0.500. The van der Waals surface area contributed by atoms with Gasteiger partial charge in [0.25, 0.3) is 0 Å². The van der Waals surface area contributed by atoms with E-state index in [0.29, 0.717) is 6.04 Å². The maximum atomic E-state index is 13.5. The van der Waals surface area contributed by atoms with Crippen molar-refractivity contribution in [2.75, 3.05) is 39.2 Å². The molecular weight excluding hydrogens is 476 g/mol. The molecule has 1 saturated heterocycles. The first-order valence-electron chi connectivity index (χ1n) is 13.8. The molecule has 0 unspecified atom stereocenters. The van der Waals surface area contributed by atoms with Crippen LogP contribution in [0.25, 0.3) is 33.1 Å². The molecule has 2 aliphatic rings. The zero-order valence-electron chi connectivity index (χ0n) is 22.9. The van der Waals surface area contributed by atoms with Crippen molar-refractivity contribution in [1.29, 1.82) is 0 Å². The number of rotatable bonds is 5. The molecule has 200 valence electrons. The molecule has 0 radical (unpaired) electrons. The highest BCUT2D eigenvalue weighted by Gasteiger charge is 2.28. The molecule has 8 nitrogen and oxygen atoms in total. The number of nitrogens with zero attached hydrogens (tertiary/aromatic N) is 6. The molecule has 6 rings (SSSR count). The minimum absolute atomic E-state index is 0.0190. The van der Waals surface area contributed by atoms with Gasteiger partial charge in [-0.2, -0.15) is 0 Å². The fourth-order valence-electron chi connectivity index (χ4n) is 6.47. The first-order chi connectivity index (χ1) is 18.4. The van der Waals surface area contributed by atoms with E-state index in [4.69, 9.17) is 14.7 Å². The SMILES string of the molecule is CO[C@H]1CCC[C@H](n2c(=O)n(C)c3cnc4ccc(-c5ccc(N6CCC(N(C)C)CC6)nc5)cc4c32)C1. The second-order valence-electron chi connectivity index (χ2n) is 11.2. The molecule has 1 aliphatic carbocycles. The van der Waals surface area contributed by atoms with Crippen LogP contribution < -0.4 is 10.6 Å². The van der Waals surface area contributed by atoms with E-state index >= 15 is 0 Å². The number of imidazole rings is 1. The number of ether oxygens (including phenoxy) is 1. The molecule has 0 N–H and O–H groups in total. The van der Waals surface area contributed by atoms with Gasteiger partial charge in [-0.3, -0.25) is 14.1 Å². The second-order valence-corrected chi connectivity index (χ2v) is 11.2. The predicted octanol–water partition coefficient (Wildman–Crippen LogP) is 4.61. The average molecular weight is 515 g/mol. The van der Waals surface area contributed by atoms with Crippen molar-refractivity contribution in [3.63, 3.8) is 0 Å². The summed E-state index contributed by atoms with van der Waals surface area (Å²) in [4.78, 5) is 27.7. The summed E-state index contributed by atoms with van der Waals surface area (Å²) in [5.74, 6) is 1.04. The molecule has 1 aliphatic heterocycles. The van der Waals surface area contributed by atoms with Crippen LogP contribution in [0.15, 0.2) is 47.5 Å². The minimum atomic E-state index is 0.0190. The van der Waals surface area contributed by atoms with Crippen LogP contribution in [0.3, 0.4) is 0 Å². The van der Waals surface area contributed by atoms with Crippen LogP contribution >= 0.6 is 0 Å². The van der Waals surface area contributed by atoms with Crippen LogP contribution in [-0.4, -0.2) is 70.4 Å². The van der Waals surface area contributed by atoms with Gasteiger partial charge in [0, 0.05) is 56.5 Å². The summed E-state index contributed by atoms with van der Waals surface area (Å²) in [6.07, 6.45) is 10.3. The monoisotopic (exact) mass is 514 g/mol. The Kier molecular flexibility index (Phi) is 6.70. The molecule has 4 heterocycles. The maximum absolute atomic E-state index is 13.5. The van der Waals surface area contributed by atoms with Gasteiger partial charge in [-0.25, -0.2) is 9.78 Å². The van der Waals surface area contributed by atoms with Gasteiger partial charge >= 0.3 is 5.69 Å². The summed E-state index contributed by atoms with van der Waals surface area (Å²) in [7, 11) is 7.95. The normalized spacial score (nSPS) is 21.1. The third-order valence-corrected chi connectivity index (χ3v) is 8.81. The lowest BCUT2D eigenvalue weighted by atomic mass is 9.92. The van der Waals surface area contributed by atoms with E-state index in [1.54, 1.807) is 11.7 Å². The van der Waals surface area contributed by atoms with Gasteiger partial charge in [0.15, 0.2) is 0 Å². The summed E-state index contributed by atoms with van der Waals surface area (Å²) in [5, 5.41) is 1.01. The van der Waals surface area contributed by atoms with Crippen molar-refractivity contribution in [2.45, 2.75) is 56.7 Å². The molecule has 38 heavy (non-hydrogen) atoms. The van der Waals surface area contributed by atoms with Crippen LogP contribution in [0.2, 0.25) is 0 Å². The number of aryl methyl sites for hydroxylation is 1. The van der Waals surface area contributed by atoms with E-state index in [1.807, 2.05) is 24.0 Å². The molecule has 0 spiro atoms. The smallest absolute Gasteiger partial charge is 0.329 e. The number of aromatic nitrogens is 4.